The Hall–Kier alpha value is -2.54. The van der Waals surface area contributed by atoms with Gasteiger partial charge in [-0.3, -0.25) is 9.78 Å². The van der Waals surface area contributed by atoms with Crippen LogP contribution in [0.25, 0.3) is 11.3 Å². The average Bonchev–Trinajstić information content (AvgIpc) is 2.55. The molecule has 0 radical (unpaired) electrons. The topological polar surface area (TPSA) is 91.2 Å². The molecule has 0 saturated carbocycles. The fraction of sp³-hybridized carbons (Fsp3) is 0.375. The van der Waals surface area contributed by atoms with Gasteiger partial charge in [-0.25, -0.2) is 9.97 Å². The van der Waals surface area contributed by atoms with Crippen molar-refractivity contribution in [3.63, 3.8) is 0 Å². The first kappa shape index (κ1) is 15.4. The third kappa shape index (κ3) is 3.29. The second kappa shape index (κ2) is 6.29. The summed E-state index contributed by atoms with van der Waals surface area (Å²) < 4.78 is 0. The van der Waals surface area contributed by atoms with Crippen LogP contribution in [0.3, 0.4) is 0 Å². The van der Waals surface area contributed by atoms with E-state index in [0.29, 0.717) is 25.6 Å². The van der Waals surface area contributed by atoms with Gasteiger partial charge in [0.15, 0.2) is 0 Å². The van der Waals surface area contributed by atoms with Crippen LogP contribution in [0.4, 0.5) is 5.95 Å². The standard InChI is InChI=1S/C16H19N5O2/c1-10-3-4-12(11(2)19-10)13-5-6-18-16(20-13)21-8-7-17-14(9-21)15(22)23/h3-6,14,17H,7-9H2,1-2H3,(H,22,23)/t14-/m0/s1. The predicted octanol–water partition coefficient (Wildman–Crippen LogP) is 1.02. The number of aliphatic carboxylic acids is 1. The number of rotatable bonds is 3. The molecule has 0 aliphatic carbocycles. The van der Waals surface area contributed by atoms with E-state index in [0.717, 1.165) is 22.6 Å². The highest BCUT2D eigenvalue weighted by molar-refractivity contribution is 5.74. The van der Waals surface area contributed by atoms with E-state index in [1.807, 2.05) is 36.9 Å². The normalized spacial score (nSPS) is 18.0. The summed E-state index contributed by atoms with van der Waals surface area (Å²) in [6.45, 7) is 5.53. The molecule has 0 spiro atoms. The summed E-state index contributed by atoms with van der Waals surface area (Å²) in [4.78, 5) is 26.4. The number of nitrogens with zero attached hydrogens (tertiary/aromatic N) is 4. The third-order valence-corrected chi connectivity index (χ3v) is 3.90. The molecule has 120 valence electrons. The van der Waals surface area contributed by atoms with Crippen LogP contribution in [-0.2, 0) is 4.79 Å². The van der Waals surface area contributed by atoms with Crippen molar-refractivity contribution in [2.45, 2.75) is 19.9 Å². The lowest BCUT2D eigenvalue weighted by Gasteiger charge is -2.31. The lowest BCUT2D eigenvalue weighted by molar-refractivity contribution is -0.139. The zero-order valence-corrected chi connectivity index (χ0v) is 13.2. The van der Waals surface area contributed by atoms with Crippen LogP contribution >= 0.6 is 0 Å². The smallest absolute Gasteiger partial charge is 0.322 e. The highest BCUT2D eigenvalue weighted by atomic mass is 16.4. The van der Waals surface area contributed by atoms with Gasteiger partial charge >= 0.3 is 5.97 Å². The van der Waals surface area contributed by atoms with Crippen molar-refractivity contribution in [1.82, 2.24) is 20.3 Å². The van der Waals surface area contributed by atoms with Crippen LogP contribution in [0, 0.1) is 13.8 Å². The highest BCUT2D eigenvalue weighted by Crippen LogP contribution is 2.22. The Balaban J connectivity index is 1.89. The molecule has 0 amide bonds. The summed E-state index contributed by atoms with van der Waals surface area (Å²) in [5, 5.41) is 12.1. The molecule has 1 aliphatic heterocycles. The molecule has 1 saturated heterocycles. The number of aryl methyl sites for hydroxylation is 2. The number of nitrogens with one attached hydrogen (secondary N) is 1. The van der Waals surface area contributed by atoms with Gasteiger partial charge in [-0.05, 0) is 32.0 Å². The molecule has 7 nitrogen and oxygen atoms in total. The molecule has 3 heterocycles. The molecule has 1 fully saturated rings. The molecule has 0 aromatic carbocycles. The maximum atomic E-state index is 11.2. The number of carboxylic acid groups (broad SMARTS) is 1. The monoisotopic (exact) mass is 313 g/mol. The summed E-state index contributed by atoms with van der Waals surface area (Å²) in [5.74, 6) is -0.306. The van der Waals surface area contributed by atoms with Crippen molar-refractivity contribution in [2.24, 2.45) is 0 Å². The van der Waals surface area contributed by atoms with Gasteiger partial charge in [-0.2, -0.15) is 0 Å². The van der Waals surface area contributed by atoms with Gasteiger partial charge in [0, 0.05) is 42.8 Å². The zero-order valence-electron chi connectivity index (χ0n) is 13.2. The van der Waals surface area contributed by atoms with Crippen LogP contribution in [-0.4, -0.2) is 51.7 Å². The minimum atomic E-state index is -0.857. The molecule has 2 aromatic heterocycles. The van der Waals surface area contributed by atoms with Crippen molar-refractivity contribution in [3.05, 3.63) is 35.8 Å². The quantitative estimate of drug-likeness (QED) is 0.874. The van der Waals surface area contributed by atoms with Crippen LogP contribution in [0.5, 0.6) is 0 Å². The Kier molecular flexibility index (Phi) is 4.20. The Labute approximate surface area is 134 Å². The first-order valence-electron chi connectivity index (χ1n) is 7.53. The molecule has 23 heavy (non-hydrogen) atoms. The van der Waals surface area contributed by atoms with Crippen molar-refractivity contribution in [3.8, 4) is 11.3 Å². The van der Waals surface area contributed by atoms with E-state index in [2.05, 4.69) is 20.3 Å². The molecule has 1 aliphatic rings. The number of anilines is 1. The Morgan fingerprint density at radius 1 is 1.30 bits per heavy atom. The molecular formula is C16H19N5O2. The number of carbonyl (C=O) groups is 1. The minimum absolute atomic E-state index is 0.351. The first-order chi connectivity index (χ1) is 11.0. The fourth-order valence-corrected chi connectivity index (χ4v) is 2.71. The largest absolute Gasteiger partial charge is 0.480 e. The Morgan fingerprint density at radius 2 is 2.13 bits per heavy atom. The molecule has 3 rings (SSSR count). The fourth-order valence-electron chi connectivity index (χ4n) is 2.71. The molecule has 2 N–H and O–H groups in total. The van der Waals surface area contributed by atoms with Crippen molar-refractivity contribution < 1.29 is 9.90 Å². The molecule has 7 heteroatoms. The summed E-state index contributed by atoms with van der Waals surface area (Å²) in [6.07, 6.45) is 1.70. The zero-order chi connectivity index (χ0) is 16.4. The Bertz CT molecular complexity index is 734. The summed E-state index contributed by atoms with van der Waals surface area (Å²) in [6, 6.07) is 5.20. The second-order valence-corrected chi connectivity index (χ2v) is 5.62. The number of aromatic nitrogens is 3. The Morgan fingerprint density at radius 3 is 2.87 bits per heavy atom. The summed E-state index contributed by atoms with van der Waals surface area (Å²) in [5.41, 5.74) is 3.64. The lowest BCUT2D eigenvalue weighted by atomic mass is 10.1. The SMILES string of the molecule is Cc1ccc(-c2ccnc(N3CCN[C@H](C(=O)O)C3)n2)c(C)n1. The molecule has 1 atom stereocenters. The van der Waals surface area contributed by atoms with Crippen LogP contribution in [0.2, 0.25) is 0 Å². The van der Waals surface area contributed by atoms with E-state index in [-0.39, 0.29) is 0 Å². The minimum Gasteiger partial charge on any atom is -0.480 e. The van der Waals surface area contributed by atoms with Gasteiger partial charge in [0.2, 0.25) is 5.95 Å². The van der Waals surface area contributed by atoms with Crippen molar-refractivity contribution in [1.29, 1.82) is 0 Å². The predicted molar refractivity (Wildman–Crippen MR) is 86.4 cm³/mol. The van der Waals surface area contributed by atoms with Crippen molar-refractivity contribution >= 4 is 11.9 Å². The van der Waals surface area contributed by atoms with Crippen LogP contribution in [0.1, 0.15) is 11.4 Å². The van der Waals surface area contributed by atoms with Gasteiger partial charge in [0.1, 0.15) is 6.04 Å². The van der Waals surface area contributed by atoms with Gasteiger partial charge in [0.25, 0.3) is 0 Å². The third-order valence-electron chi connectivity index (χ3n) is 3.90. The second-order valence-electron chi connectivity index (χ2n) is 5.62. The number of hydrogen-bond donors (Lipinski definition) is 2. The van der Waals surface area contributed by atoms with E-state index in [1.54, 1.807) is 6.20 Å². The van der Waals surface area contributed by atoms with Gasteiger partial charge in [-0.1, -0.05) is 0 Å². The average molecular weight is 313 g/mol. The van der Waals surface area contributed by atoms with E-state index < -0.39 is 12.0 Å². The maximum Gasteiger partial charge on any atom is 0.322 e. The molecule has 2 aromatic rings. The van der Waals surface area contributed by atoms with E-state index in [9.17, 15) is 4.79 Å². The molecule has 0 unspecified atom stereocenters. The van der Waals surface area contributed by atoms with E-state index >= 15 is 0 Å². The first-order valence-corrected chi connectivity index (χ1v) is 7.53. The number of carboxylic acids is 1. The summed E-state index contributed by atoms with van der Waals surface area (Å²) >= 11 is 0. The van der Waals surface area contributed by atoms with E-state index in [4.69, 9.17) is 5.11 Å². The van der Waals surface area contributed by atoms with Gasteiger partial charge < -0.3 is 15.3 Å². The van der Waals surface area contributed by atoms with Crippen molar-refractivity contribution in [2.75, 3.05) is 24.5 Å². The van der Waals surface area contributed by atoms with E-state index in [1.165, 1.54) is 0 Å². The highest BCUT2D eigenvalue weighted by Gasteiger charge is 2.26. The van der Waals surface area contributed by atoms with Crippen LogP contribution in [0.15, 0.2) is 24.4 Å². The van der Waals surface area contributed by atoms with Gasteiger partial charge in [0.05, 0.1) is 5.69 Å². The van der Waals surface area contributed by atoms with Crippen LogP contribution < -0.4 is 10.2 Å². The number of pyridine rings is 1. The summed E-state index contributed by atoms with van der Waals surface area (Å²) in [7, 11) is 0. The lowest BCUT2D eigenvalue weighted by Crippen LogP contribution is -2.54. The van der Waals surface area contributed by atoms with Gasteiger partial charge in [-0.15, -0.1) is 0 Å². The number of hydrogen-bond acceptors (Lipinski definition) is 6. The molecular weight excluding hydrogens is 294 g/mol. The molecule has 0 bridgehead atoms. The number of piperazine rings is 1. The maximum absolute atomic E-state index is 11.2.